The van der Waals surface area contributed by atoms with Crippen LogP contribution < -0.4 is 0 Å². The molecule has 0 saturated heterocycles. The second kappa shape index (κ2) is 12.8. The van der Waals surface area contributed by atoms with Gasteiger partial charge in [0.2, 0.25) is 0 Å². The number of rotatable bonds is 13. The van der Waals surface area contributed by atoms with Crippen LogP contribution in [0.25, 0.3) is 12.2 Å². The maximum absolute atomic E-state index is 12.7. The monoisotopic (exact) mass is 440 g/mol. The van der Waals surface area contributed by atoms with Crippen molar-refractivity contribution in [2.45, 2.75) is 52.4 Å². The second-order valence-electron chi connectivity index (χ2n) is 7.54. The first-order valence-corrected chi connectivity index (χ1v) is 11.0. The molecule has 0 radical (unpaired) electrons. The summed E-state index contributed by atoms with van der Waals surface area (Å²) >= 11 is 0. The SMILES string of the molecule is CCCCOC(C)(OCCCC)OC(=O)c1ccc(C=Cc2ccc(C(=O)O)cc2)cc1. The molecule has 0 aliphatic rings. The Kier molecular flexibility index (Phi) is 10.1. The summed E-state index contributed by atoms with van der Waals surface area (Å²) in [5, 5.41) is 8.96. The molecule has 0 bridgehead atoms. The Bertz CT molecular complexity index is 874. The van der Waals surface area contributed by atoms with Crippen LogP contribution in [0, 0.1) is 0 Å². The highest BCUT2D eigenvalue weighted by atomic mass is 16.9. The summed E-state index contributed by atoms with van der Waals surface area (Å²) in [5.41, 5.74) is 2.42. The molecule has 2 rings (SSSR count). The molecule has 0 fully saturated rings. The summed E-state index contributed by atoms with van der Waals surface area (Å²) in [6.45, 7) is 6.65. The molecule has 0 amide bonds. The van der Waals surface area contributed by atoms with Crippen molar-refractivity contribution in [3.05, 3.63) is 70.8 Å². The largest absolute Gasteiger partial charge is 0.478 e. The predicted molar refractivity (Wildman–Crippen MR) is 124 cm³/mol. The van der Waals surface area contributed by atoms with Gasteiger partial charge in [-0.05, 0) is 48.2 Å². The molecule has 2 aromatic carbocycles. The highest BCUT2D eigenvalue weighted by Gasteiger charge is 2.31. The quantitative estimate of drug-likeness (QED) is 0.178. The fourth-order valence-electron chi connectivity index (χ4n) is 2.79. The zero-order valence-corrected chi connectivity index (χ0v) is 19.0. The molecule has 6 heteroatoms. The third-order valence-electron chi connectivity index (χ3n) is 4.77. The van der Waals surface area contributed by atoms with Gasteiger partial charge in [-0.15, -0.1) is 0 Å². The van der Waals surface area contributed by atoms with Crippen molar-refractivity contribution in [2.75, 3.05) is 13.2 Å². The first kappa shape index (κ1) is 25.3. The number of hydrogen-bond acceptors (Lipinski definition) is 5. The number of ether oxygens (including phenoxy) is 3. The van der Waals surface area contributed by atoms with Gasteiger partial charge in [-0.25, -0.2) is 9.59 Å². The lowest BCUT2D eigenvalue weighted by Crippen LogP contribution is -2.38. The number of carboxylic acids is 1. The van der Waals surface area contributed by atoms with Crippen LogP contribution in [-0.4, -0.2) is 36.2 Å². The van der Waals surface area contributed by atoms with Crippen molar-refractivity contribution in [1.29, 1.82) is 0 Å². The number of benzene rings is 2. The van der Waals surface area contributed by atoms with Crippen LogP contribution in [0.4, 0.5) is 0 Å². The van der Waals surface area contributed by atoms with Gasteiger partial charge in [-0.3, -0.25) is 0 Å². The van der Waals surface area contributed by atoms with Gasteiger partial charge in [0.25, 0.3) is 0 Å². The van der Waals surface area contributed by atoms with Crippen molar-refractivity contribution >= 4 is 24.1 Å². The van der Waals surface area contributed by atoms with Crippen molar-refractivity contribution in [3.63, 3.8) is 0 Å². The van der Waals surface area contributed by atoms with E-state index in [1.54, 1.807) is 43.3 Å². The molecule has 0 unspecified atom stereocenters. The fourth-order valence-corrected chi connectivity index (χ4v) is 2.79. The summed E-state index contributed by atoms with van der Waals surface area (Å²) in [6.07, 6.45) is 7.40. The standard InChI is InChI=1S/C26H32O6/c1-4-6-18-30-26(3,31-19-7-5-2)32-25(29)23-16-12-21(13-17-23)9-8-20-10-14-22(15-11-20)24(27)28/h8-17H,4-7,18-19H2,1-3H3,(H,27,28). The summed E-state index contributed by atoms with van der Waals surface area (Å²) < 4.78 is 17.0. The maximum Gasteiger partial charge on any atom is 0.342 e. The molecular weight excluding hydrogens is 408 g/mol. The Morgan fingerprint density at radius 1 is 0.812 bits per heavy atom. The van der Waals surface area contributed by atoms with Crippen LogP contribution in [0.3, 0.4) is 0 Å². The molecule has 172 valence electrons. The van der Waals surface area contributed by atoms with E-state index in [4.69, 9.17) is 19.3 Å². The lowest BCUT2D eigenvalue weighted by Gasteiger charge is -2.29. The highest BCUT2D eigenvalue weighted by molar-refractivity contribution is 5.90. The summed E-state index contributed by atoms with van der Waals surface area (Å²) in [4.78, 5) is 23.6. The average molecular weight is 441 g/mol. The number of hydrogen-bond donors (Lipinski definition) is 1. The predicted octanol–water partition coefficient (Wildman–Crippen LogP) is 6.02. The van der Waals surface area contributed by atoms with Crippen LogP contribution in [-0.2, 0) is 14.2 Å². The first-order chi connectivity index (χ1) is 15.4. The Labute approximate surface area is 189 Å². The molecule has 0 aliphatic carbocycles. The van der Waals surface area contributed by atoms with Crippen LogP contribution in [0.5, 0.6) is 0 Å². The summed E-state index contributed by atoms with van der Waals surface area (Å²) in [6, 6.07) is 13.6. The van der Waals surface area contributed by atoms with E-state index in [9.17, 15) is 9.59 Å². The number of carbonyl (C=O) groups excluding carboxylic acids is 1. The topological polar surface area (TPSA) is 82.1 Å². The maximum atomic E-state index is 12.7. The Hall–Kier alpha value is -2.96. The van der Waals surface area contributed by atoms with Crippen molar-refractivity contribution < 1.29 is 28.9 Å². The van der Waals surface area contributed by atoms with Gasteiger partial charge in [-0.2, -0.15) is 0 Å². The van der Waals surface area contributed by atoms with Gasteiger partial charge < -0.3 is 19.3 Å². The van der Waals surface area contributed by atoms with Gasteiger partial charge in [0.1, 0.15) is 0 Å². The molecule has 0 heterocycles. The lowest BCUT2D eigenvalue weighted by molar-refractivity contribution is -0.344. The van der Waals surface area contributed by atoms with Crippen molar-refractivity contribution in [2.24, 2.45) is 0 Å². The average Bonchev–Trinajstić information content (AvgIpc) is 2.78. The molecule has 6 nitrogen and oxygen atoms in total. The number of esters is 1. The van der Waals surface area contributed by atoms with Gasteiger partial charge >= 0.3 is 17.9 Å². The third-order valence-corrected chi connectivity index (χ3v) is 4.77. The van der Waals surface area contributed by atoms with Crippen molar-refractivity contribution in [1.82, 2.24) is 0 Å². The van der Waals surface area contributed by atoms with E-state index >= 15 is 0 Å². The Morgan fingerprint density at radius 3 is 1.66 bits per heavy atom. The van der Waals surface area contributed by atoms with E-state index in [2.05, 4.69) is 13.8 Å². The van der Waals surface area contributed by atoms with Gasteiger partial charge in [0.15, 0.2) is 0 Å². The van der Waals surface area contributed by atoms with E-state index in [1.165, 1.54) is 0 Å². The minimum Gasteiger partial charge on any atom is -0.478 e. The molecule has 0 atom stereocenters. The van der Waals surface area contributed by atoms with E-state index in [-0.39, 0.29) is 5.56 Å². The summed E-state index contributed by atoms with van der Waals surface area (Å²) in [7, 11) is 0. The molecule has 2 aromatic rings. The lowest BCUT2D eigenvalue weighted by atomic mass is 10.1. The zero-order valence-electron chi connectivity index (χ0n) is 19.0. The second-order valence-corrected chi connectivity index (χ2v) is 7.54. The minimum absolute atomic E-state index is 0.245. The van der Waals surface area contributed by atoms with Gasteiger partial charge in [-0.1, -0.05) is 63.1 Å². The Morgan fingerprint density at radius 2 is 1.25 bits per heavy atom. The number of aromatic carboxylic acids is 1. The molecule has 0 spiro atoms. The van der Waals surface area contributed by atoms with E-state index < -0.39 is 17.9 Å². The van der Waals surface area contributed by atoms with Crippen LogP contribution in [0.15, 0.2) is 48.5 Å². The zero-order chi connectivity index (χ0) is 23.4. The Balaban J connectivity index is 2.01. The number of carboxylic acid groups (broad SMARTS) is 1. The molecule has 32 heavy (non-hydrogen) atoms. The first-order valence-electron chi connectivity index (χ1n) is 11.0. The van der Waals surface area contributed by atoms with E-state index in [0.717, 1.165) is 36.8 Å². The molecule has 0 saturated carbocycles. The highest BCUT2D eigenvalue weighted by Crippen LogP contribution is 2.20. The molecule has 1 N–H and O–H groups in total. The fraction of sp³-hybridized carbons (Fsp3) is 0.385. The number of unbranched alkanes of at least 4 members (excludes halogenated alkanes) is 2. The van der Waals surface area contributed by atoms with Gasteiger partial charge in [0, 0.05) is 6.92 Å². The third kappa shape index (κ3) is 8.29. The smallest absolute Gasteiger partial charge is 0.342 e. The molecule has 0 aliphatic heterocycles. The normalized spacial score (nSPS) is 11.6. The molecule has 0 aromatic heterocycles. The van der Waals surface area contributed by atoms with Crippen molar-refractivity contribution in [3.8, 4) is 0 Å². The van der Waals surface area contributed by atoms with E-state index in [0.29, 0.717) is 18.8 Å². The summed E-state index contributed by atoms with van der Waals surface area (Å²) in [5.74, 6) is -2.88. The van der Waals surface area contributed by atoms with Crippen LogP contribution in [0.1, 0.15) is 78.3 Å². The van der Waals surface area contributed by atoms with Crippen LogP contribution >= 0.6 is 0 Å². The van der Waals surface area contributed by atoms with Crippen LogP contribution in [0.2, 0.25) is 0 Å². The van der Waals surface area contributed by atoms with E-state index in [1.807, 2.05) is 24.3 Å². The van der Waals surface area contributed by atoms with Gasteiger partial charge in [0.05, 0.1) is 24.3 Å². The molecular formula is C26H32O6. The minimum atomic E-state index is -1.41. The number of carbonyl (C=O) groups is 2.